The molecule has 3 rings (SSSR count). The van der Waals surface area contributed by atoms with Crippen LogP contribution < -0.4 is 10.5 Å². The van der Waals surface area contributed by atoms with Crippen molar-refractivity contribution in [2.75, 3.05) is 19.7 Å². The molecule has 7 nitrogen and oxygen atoms in total. The second kappa shape index (κ2) is 9.73. The van der Waals surface area contributed by atoms with E-state index in [0.29, 0.717) is 36.1 Å². The Labute approximate surface area is 188 Å². The summed E-state index contributed by atoms with van der Waals surface area (Å²) in [4.78, 5) is 27.1. The highest BCUT2D eigenvalue weighted by molar-refractivity contribution is 6.30. The standard InChI is InChI=1S/C23H31ClN4O3/c1-4-28-20(12-19(26-28)16(2)3)22(30)27-10-6-9-23(14-27,13-21(25)29)15-31-18-8-5-7-17(24)11-18/h5,7-8,11-12,16H,4,6,9-10,13-15H2,1-3H3,(H2,25,29)/t23-/m0/s1. The highest BCUT2D eigenvalue weighted by atomic mass is 35.5. The van der Waals surface area contributed by atoms with E-state index in [1.54, 1.807) is 21.7 Å². The van der Waals surface area contributed by atoms with Crippen LogP contribution in [0.25, 0.3) is 0 Å². The Morgan fingerprint density at radius 1 is 1.32 bits per heavy atom. The first-order valence-electron chi connectivity index (χ1n) is 10.8. The summed E-state index contributed by atoms with van der Waals surface area (Å²) >= 11 is 6.06. The van der Waals surface area contributed by atoms with Gasteiger partial charge in [-0.15, -0.1) is 0 Å². The molecule has 2 heterocycles. The average Bonchev–Trinajstić information content (AvgIpc) is 3.16. The summed E-state index contributed by atoms with van der Waals surface area (Å²) < 4.78 is 7.75. The zero-order valence-corrected chi connectivity index (χ0v) is 19.2. The second-order valence-electron chi connectivity index (χ2n) is 8.64. The molecule has 0 aliphatic carbocycles. The lowest BCUT2D eigenvalue weighted by atomic mass is 9.77. The summed E-state index contributed by atoms with van der Waals surface area (Å²) in [5, 5.41) is 5.15. The molecule has 1 fully saturated rings. The maximum atomic E-state index is 13.4. The van der Waals surface area contributed by atoms with Gasteiger partial charge in [0.05, 0.1) is 12.3 Å². The third-order valence-electron chi connectivity index (χ3n) is 5.75. The molecular weight excluding hydrogens is 416 g/mol. The first-order chi connectivity index (χ1) is 14.7. The number of aromatic nitrogens is 2. The van der Waals surface area contributed by atoms with Gasteiger partial charge in [0.15, 0.2) is 0 Å². The molecule has 0 bridgehead atoms. The number of halogens is 1. The summed E-state index contributed by atoms with van der Waals surface area (Å²) in [5.41, 5.74) is 6.52. The number of likely N-dealkylation sites (tertiary alicyclic amines) is 1. The van der Waals surface area contributed by atoms with Crippen molar-refractivity contribution in [2.24, 2.45) is 11.1 Å². The molecule has 2 amide bonds. The van der Waals surface area contributed by atoms with Crippen molar-refractivity contribution in [1.82, 2.24) is 14.7 Å². The van der Waals surface area contributed by atoms with Gasteiger partial charge in [0.25, 0.3) is 5.91 Å². The van der Waals surface area contributed by atoms with Crippen LogP contribution in [0.4, 0.5) is 0 Å². The van der Waals surface area contributed by atoms with Crippen LogP contribution in [0.3, 0.4) is 0 Å². The smallest absolute Gasteiger partial charge is 0.272 e. The van der Waals surface area contributed by atoms with E-state index in [4.69, 9.17) is 22.1 Å². The molecule has 0 saturated carbocycles. The van der Waals surface area contributed by atoms with E-state index in [2.05, 4.69) is 18.9 Å². The average molecular weight is 447 g/mol. The van der Waals surface area contributed by atoms with Gasteiger partial charge in [-0.1, -0.05) is 31.5 Å². The van der Waals surface area contributed by atoms with Crippen LogP contribution in [0.2, 0.25) is 5.02 Å². The van der Waals surface area contributed by atoms with E-state index in [1.807, 2.05) is 25.1 Å². The van der Waals surface area contributed by atoms with E-state index in [1.165, 1.54) is 0 Å². The minimum atomic E-state index is -0.542. The van der Waals surface area contributed by atoms with Gasteiger partial charge >= 0.3 is 0 Å². The van der Waals surface area contributed by atoms with Crippen LogP contribution >= 0.6 is 11.6 Å². The fourth-order valence-electron chi connectivity index (χ4n) is 4.15. The molecular formula is C23H31ClN4O3. The van der Waals surface area contributed by atoms with E-state index in [0.717, 1.165) is 18.5 Å². The van der Waals surface area contributed by atoms with Crippen molar-refractivity contribution in [2.45, 2.75) is 52.5 Å². The monoisotopic (exact) mass is 446 g/mol. The number of hydrogen-bond donors (Lipinski definition) is 1. The van der Waals surface area contributed by atoms with Gasteiger partial charge < -0.3 is 15.4 Å². The normalized spacial score (nSPS) is 18.9. The van der Waals surface area contributed by atoms with Gasteiger partial charge in [-0.25, -0.2) is 0 Å². The van der Waals surface area contributed by atoms with Crippen LogP contribution in [0.5, 0.6) is 5.75 Å². The number of carbonyl (C=O) groups is 2. The number of carbonyl (C=O) groups excluding carboxylic acids is 2. The van der Waals surface area contributed by atoms with Crippen molar-refractivity contribution in [3.8, 4) is 5.75 Å². The SMILES string of the molecule is CCn1nc(C(C)C)cc1C(=O)N1CCC[C@](COc2cccc(Cl)c2)(CC(N)=O)C1. The highest BCUT2D eigenvalue weighted by Gasteiger charge is 2.40. The van der Waals surface area contributed by atoms with Crippen LogP contribution in [0.1, 0.15) is 62.1 Å². The molecule has 31 heavy (non-hydrogen) atoms. The van der Waals surface area contributed by atoms with Gasteiger partial charge in [-0.05, 0) is 49.9 Å². The zero-order valence-electron chi connectivity index (χ0n) is 18.4. The zero-order chi connectivity index (χ0) is 22.6. The van der Waals surface area contributed by atoms with Crippen molar-refractivity contribution in [3.63, 3.8) is 0 Å². The Morgan fingerprint density at radius 3 is 2.74 bits per heavy atom. The fraction of sp³-hybridized carbons (Fsp3) is 0.522. The molecule has 1 aromatic heterocycles. The van der Waals surface area contributed by atoms with Crippen molar-refractivity contribution in [3.05, 3.63) is 46.7 Å². The minimum absolute atomic E-state index is 0.0717. The molecule has 8 heteroatoms. The van der Waals surface area contributed by atoms with Gasteiger partial charge in [-0.2, -0.15) is 5.10 Å². The maximum absolute atomic E-state index is 13.4. The number of hydrogen-bond acceptors (Lipinski definition) is 4. The Hall–Kier alpha value is -2.54. The van der Waals surface area contributed by atoms with Crippen molar-refractivity contribution >= 4 is 23.4 Å². The topological polar surface area (TPSA) is 90.4 Å². The quantitative estimate of drug-likeness (QED) is 0.666. The lowest BCUT2D eigenvalue weighted by Crippen LogP contribution is -2.50. The molecule has 0 spiro atoms. The first-order valence-corrected chi connectivity index (χ1v) is 11.1. The van der Waals surface area contributed by atoms with E-state index >= 15 is 0 Å². The lowest BCUT2D eigenvalue weighted by Gasteiger charge is -2.42. The molecule has 1 saturated heterocycles. The van der Waals surface area contributed by atoms with Crippen LogP contribution in [0.15, 0.2) is 30.3 Å². The number of benzene rings is 1. The van der Waals surface area contributed by atoms with Crippen molar-refractivity contribution in [1.29, 1.82) is 0 Å². The summed E-state index contributed by atoms with van der Waals surface area (Å²) in [6.07, 6.45) is 1.68. The maximum Gasteiger partial charge on any atom is 0.272 e. The summed E-state index contributed by atoms with van der Waals surface area (Å²) in [6.45, 7) is 8.02. The predicted octanol–water partition coefficient (Wildman–Crippen LogP) is 3.86. The number of primary amides is 1. The van der Waals surface area contributed by atoms with Crippen LogP contribution in [0, 0.1) is 5.41 Å². The van der Waals surface area contributed by atoms with Crippen molar-refractivity contribution < 1.29 is 14.3 Å². The Kier molecular flexibility index (Phi) is 7.26. The number of rotatable bonds is 8. The molecule has 0 radical (unpaired) electrons. The molecule has 1 atom stereocenters. The molecule has 1 aliphatic heterocycles. The Balaban J connectivity index is 1.81. The number of amides is 2. The molecule has 1 aliphatic rings. The van der Waals surface area contributed by atoms with Gasteiger partial charge in [0.1, 0.15) is 11.4 Å². The number of piperidine rings is 1. The van der Waals surface area contributed by atoms with Gasteiger partial charge in [0.2, 0.25) is 5.91 Å². The molecule has 2 aromatic rings. The summed E-state index contributed by atoms with van der Waals surface area (Å²) in [5.74, 6) is 0.397. The van der Waals surface area contributed by atoms with Crippen LogP contribution in [-0.2, 0) is 11.3 Å². The molecule has 1 aromatic carbocycles. The first kappa shape index (κ1) is 23.1. The number of nitrogens with zero attached hydrogens (tertiary/aromatic N) is 3. The number of nitrogens with two attached hydrogens (primary N) is 1. The number of ether oxygens (including phenoxy) is 1. The van der Waals surface area contributed by atoms with E-state index < -0.39 is 11.3 Å². The molecule has 2 N–H and O–H groups in total. The van der Waals surface area contributed by atoms with Gasteiger partial charge in [-0.3, -0.25) is 14.3 Å². The third-order valence-corrected chi connectivity index (χ3v) is 5.98. The van der Waals surface area contributed by atoms with Crippen LogP contribution in [-0.4, -0.2) is 46.2 Å². The Morgan fingerprint density at radius 2 is 2.10 bits per heavy atom. The molecule has 168 valence electrons. The summed E-state index contributed by atoms with van der Waals surface area (Å²) in [6, 6.07) is 9.02. The Bertz CT molecular complexity index is 943. The number of aryl methyl sites for hydroxylation is 1. The summed E-state index contributed by atoms with van der Waals surface area (Å²) in [7, 11) is 0. The third kappa shape index (κ3) is 5.58. The van der Waals surface area contributed by atoms with Gasteiger partial charge in [0, 0.05) is 36.5 Å². The van der Waals surface area contributed by atoms with E-state index in [-0.39, 0.29) is 24.9 Å². The highest BCUT2D eigenvalue weighted by Crippen LogP contribution is 2.35. The largest absolute Gasteiger partial charge is 0.493 e. The molecule has 0 unspecified atom stereocenters. The predicted molar refractivity (Wildman–Crippen MR) is 120 cm³/mol. The minimum Gasteiger partial charge on any atom is -0.493 e. The fourth-order valence-corrected chi connectivity index (χ4v) is 4.33. The second-order valence-corrected chi connectivity index (χ2v) is 9.08. The lowest BCUT2D eigenvalue weighted by molar-refractivity contribution is -0.122. The van der Waals surface area contributed by atoms with E-state index in [9.17, 15) is 9.59 Å².